The van der Waals surface area contributed by atoms with Crippen molar-refractivity contribution in [1.82, 2.24) is 24.9 Å². The van der Waals surface area contributed by atoms with Gasteiger partial charge >= 0.3 is 0 Å². The first-order valence-corrected chi connectivity index (χ1v) is 6.62. The molecular formula is C13H16ClN5O. The van der Waals surface area contributed by atoms with Gasteiger partial charge in [0.25, 0.3) is 0 Å². The van der Waals surface area contributed by atoms with E-state index >= 15 is 0 Å². The molecule has 0 atom stereocenters. The van der Waals surface area contributed by atoms with E-state index in [4.69, 9.17) is 11.6 Å². The number of carbonyl (C=O) groups excluding carboxylic acids is 1. The molecule has 2 aromatic rings. The molecule has 0 aromatic carbocycles. The Morgan fingerprint density at radius 3 is 2.85 bits per heavy atom. The quantitative estimate of drug-likeness (QED) is 0.852. The summed E-state index contributed by atoms with van der Waals surface area (Å²) in [7, 11) is 1.78. The van der Waals surface area contributed by atoms with E-state index in [2.05, 4.69) is 15.5 Å². The molecule has 0 fully saturated rings. The standard InChI is InChI=1S/C13H16ClN5O/c1-3-19-9-10(6-17-19)4-5-13(20)15-8-12-11(14)7-16-18(12)2/h4-7,9H,3,8H2,1-2H3,(H,15,20)/b5-4+. The smallest absolute Gasteiger partial charge is 0.244 e. The molecule has 7 heteroatoms. The minimum atomic E-state index is -0.188. The number of hydrogen-bond acceptors (Lipinski definition) is 3. The van der Waals surface area contributed by atoms with Gasteiger partial charge in [-0.3, -0.25) is 14.2 Å². The fourth-order valence-electron chi connectivity index (χ4n) is 1.68. The highest BCUT2D eigenvalue weighted by Crippen LogP contribution is 2.13. The number of carbonyl (C=O) groups is 1. The normalized spacial score (nSPS) is 11.2. The molecule has 0 saturated heterocycles. The summed E-state index contributed by atoms with van der Waals surface area (Å²) in [5, 5.41) is 11.4. The van der Waals surface area contributed by atoms with Crippen LogP contribution in [0.4, 0.5) is 0 Å². The van der Waals surface area contributed by atoms with Crippen molar-refractivity contribution < 1.29 is 4.79 Å². The lowest BCUT2D eigenvalue weighted by molar-refractivity contribution is -0.116. The highest BCUT2D eigenvalue weighted by atomic mass is 35.5. The van der Waals surface area contributed by atoms with E-state index in [1.807, 2.05) is 13.1 Å². The van der Waals surface area contributed by atoms with Crippen molar-refractivity contribution in [3.63, 3.8) is 0 Å². The Bertz CT molecular complexity index is 609. The molecule has 106 valence electrons. The van der Waals surface area contributed by atoms with E-state index in [9.17, 15) is 4.79 Å². The third-order valence-corrected chi connectivity index (χ3v) is 3.16. The second kappa shape index (κ2) is 6.38. The van der Waals surface area contributed by atoms with Crippen molar-refractivity contribution in [2.45, 2.75) is 20.0 Å². The van der Waals surface area contributed by atoms with Gasteiger partial charge in [-0.25, -0.2) is 0 Å². The Kier molecular flexibility index (Phi) is 4.57. The number of halogens is 1. The predicted octanol–water partition coefficient (Wildman–Crippen LogP) is 1.62. The maximum absolute atomic E-state index is 11.7. The van der Waals surface area contributed by atoms with Gasteiger partial charge in [-0.2, -0.15) is 10.2 Å². The molecule has 0 saturated carbocycles. The van der Waals surface area contributed by atoms with E-state index in [1.165, 1.54) is 6.08 Å². The fraction of sp³-hybridized carbons (Fsp3) is 0.308. The molecule has 0 aliphatic carbocycles. The zero-order valence-electron chi connectivity index (χ0n) is 11.4. The van der Waals surface area contributed by atoms with E-state index < -0.39 is 0 Å². The summed E-state index contributed by atoms with van der Waals surface area (Å²) in [6.07, 6.45) is 8.34. The van der Waals surface area contributed by atoms with Crippen molar-refractivity contribution >= 4 is 23.6 Å². The van der Waals surface area contributed by atoms with Crippen LogP contribution in [-0.2, 0) is 24.9 Å². The molecule has 0 aliphatic rings. The first kappa shape index (κ1) is 14.3. The molecule has 2 rings (SSSR count). The van der Waals surface area contributed by atoms with Gasteiger partial charge in [0.1, 0.15) is 0 Å². The van der Waals surface area contributed by atoms with Gasteiger partial charge in [0, 0.05) is 31.4 Å². The summed E-state index contributed by atoms with van der Waals surface area (Å²) in [5.41, 5.74) is 1.66. The first-order valence-electron chi connectivity index (χ1n) is 6.25. The summed E-state index contributed by atoms with van der Waals surface area (Å²) in [4.78, 5) is 11.7. The van der Waals surface area contributed by atoms with E-state index in [-0.39, 0.29) is 5.91 Å². The van der Waals surface area contributed by atoms with Crippen LogP contribution in [0.25, 0.3) is 6.08 Å². The average molecular weight is 294 g/mol. The Balaban J connectivity index is 1.89. The molecule has 0 radical (unpaired) electrons. The number of hydrogen-bond donors (Lipinski definition) is 1. The van der Waals surface area contributed by atoms with Crippen LogP contribution < -0.4 is 5.32 Å². The van der Waals surface area contributed by atoms with Gasteiger partial charge in [-0.1, -0.05) is 11.6 Å². The molecule has 2 heterocycles. The monoisotopic (exact) mass is 293 g/mol. The lowest BCUT2D eigenvalue weighted by atomic mass is 10.3. The maximum Gasteiger partial charge on any atom is 0.244 e. The van der Waals surface area contributed by atoms with Gasteiger partial charge in [-0.05, 0) is 13.0 Å². The number of amides is 1. The second-order valence-electron chi connectivity index (χ2n) is 4.24. The topological polar surface area (TPSA) is 64.7 Å². The third-order valence-electron chi connectivity index (χ3n) is 2.85. The lowest BCUT2D eigenvalue weighted by Gasteiger charge is -2.03. The summed E-state index contributed by atoms with van der Waals surface area (Å²) in [6, 6.07) is 0. The van der Waals surface area contributed by atoms with Gasteiger partial charge in [-0.15, -0.1) is 0 Å². The van der Waals surface area contributed by atoms with E-state index in [1.54, 1.807) is 34.9 Å². The van der Waals surface area contributed by atoms with Gasteiger partial charge in [0.05, 0.1) is 29.7 Å². The van der Waals surface area contributed by atoms with Crippen molar-refractivity contribution in [3.8, 4) is 0 Å². The summed E-state index contributed by atoms with van der Waals surface area (Å²) in [5.74, 6) is -0.188. The molecule has 1 amide bonds. The number of rotatable bonds is 5. The Labute approximate surface area is 122 Å². The average Bonchev–Trinajstić information content (AvgIpc) is 3.02. The Morgan fingerprint density at radius 2 is 2.25 bits per heavy atom. The molecule has 0 spiro atoms. The van der Waals surface area contributed by atoms with Crippen molar-refractivity contribution in [1.29, 1.82) is 0 Å². The van der Waals surface area contributed by atoms with E-state index in [0.29, 0.717) is 11.6 Å². The predicted molar refractivity (Wildman–Crippen MR) is 77.0 cm³/mol. The minimum Gasteiger partial charge on any atom is -0.347 e. The molecular weight excluding hydrogens is 278 g/mol. The fourth-order valence-corrected chi connectivity index (χ4v) is 1.91. The van der Waals surface area contributed by atoms with Crippen LogP contribution in [0, 0.1) is 0 Å². The summed E-state index contributed by atoms with van der Waals surface area (Å²) < 4.78 is 3.44. The van der Waals surface area contributed by atoms with Gasteiger partial charge < -0.3 is 5.32 Å². The van der Waals surface area contributed by atoms with Crippen LogP contribution in [0.15, 0.2) is 24.7 Å². The molecule has 20 heavy (non-hydrogen) atoms. The van der Waals surface area contributed by atoms with E-state index in [0.717, 1.165) is 17.8 Å². The van der Waals surface area contributed by atoms with Crippen LogP contribution in [-0.4, -0.2) is 25.5 Å². The largest absolute Gasteiger partial charge is 0.347 e. The Morgan fingerprint density at radius 1 is 1.45 bits per heavy atom. The molecule has 0 bridgehead atoms. The minimum absolute atomic E-state index is 0.188. The van der Waals surface area contributed by atoms with Crippen molar-refractivity contribution in [2.24, 2.45) is 7.05 Å². The zero-order chi connectivity index (χ0) is 14.5. The van der Waals surface area contributed by atoms with Gasteiger partial charge in [0.15, 0.2) is 0 Å². The molecule has 6 nitrogen and oxygen atoms in total. The van der Waals surface area contributed by atoms with Crippen molar-refractivity contribution in [2.75, 3.05) is 0 Å². The molecule has 1 N–H and O–H groups in total. The number of aromatic nitrogens is 4. The first-order chi connectivity index (χ1) is 9.60. The number of aryl methyl sites for hydroxylation is 2. The molecule has 0 unspecified atom stereocenters. The van der Waals surface area contributed by atoms with Crippen LogP contribution >= 0.6 is 11.6 Å². The third kappa shape index (κ3) is 3.48. The van der Waals surface area contributed by atoms with Gasteiger partial charge in [0.2, 0.25) is 5.91 Å². The van der Waals surface area contributed by atoms with Crippen LogP contribution in [0.5, 0.6) is 0 Å². The highest BCUT2D eigenvalue weighted by molar-refractivity contribution is 6.31. The maximum atomic E-state index is 11.7. The Hall–Kier alpha value is -2.08. The number of nitrogens with one attached hydrogen (secondary N) is 1. The molecule has 2 aromatic heterocycles. The SMILES string of the molecule is CCn1cc(/C=C/C(=O)NCc2c(Cl)cnn2C)cn1. The highest BCUT2D eigenvalue weighted by Gasteiger charge is 2.06. The summed E-state index contributed by atoms with van der Waals surface area (Å²) >= 11 is 5.96. The summed E-state index contributed by atoms with van der Waals surface area (Å²) in [6.45, 7) is 3.15. The number of nitrogens with zero attached hydrogens (tertiary/aromatic N) is 4. The lowest BCUT2D eigenvalue weighted by Crippen LogP contribution is -2.22. The van der Waals surface area contributed by atoms with Crippen LogP contribution in [0.3, 0.4) is 0 Å². The zero-order valence-corrected chi connectivity index (χ0v) is 12.1. The van der Waals surface area contributed by atoms with Crippen LogP contribution in [0.1, 0.15) is 18.2 Å². The van der Waals surface area contributed by atoms with Crippen LogP contribution in [0.2, 0.25) is 5.02 Å². The molecule has 0 aliphatic heterocycles. The second-order valence-corrected chi connectivity index (χ2v) is 4.65. The van der Waals surface area contributed by atoms with Crippen molar-refractivity contribution in [3.05, 3.63) is 40.9 Å².